The highest BCUT2D eigenvalue weighted by Gasteiger charge is 2.18. The van der Waals surface area contributed by atoms with E-state index in [1.807, 2.05) is 0 Å². The van der Waals surface area contributed by atoms with Crippen LogP contribution in [0, 0.1) is 5.82 Å². The minimum absolute atomic E-state index is 0.128. The van der Waals surface area contributed by atoms with Crippen molar-refractivity contribution in [3.05, 3.63) is 39.8 Å². The molecule has 0 atom stereocenters. The third-order valence-corrected chi connectivity index (χ3v) is 3.72. The predicted octanol–water partition coefficient (Wildman–Crippen LogP) is 2.60. The maximum atomic E-state index is 13.2. The van der Waals surface area contributed by atoms with E-state index in [1.54, 1.807) is 23.9 Å². The van der Waals surface area contributed by atoms with Gasteiger partial charge >= 0.3 is 0 Å². The Hall–Kier alpha value is -1.62. The van der Waals surface area contributed by atoms with Gasteiger partial charge in [0.25, 0.3) is 0 Å². The minimum Gasteiger partial charge on any atom is -0.338 e. The first-order valence-corrected chi connectivity index (χ1v) is 6.57. The summed E-state index contributed by atoms with van der Waals surface area (Å²) in [6.45, 7) is 1.35. The van der Waals surface area contributed by atoms with E-state index < -0.39 is 11.2 Å². The van der Waals surface area contributed by atoms with Crippen LogP contribution in [0.3, 0.4) is 0 Å². The van der Waals surface area contributed by atoms with E-state index in [0.29, 0.717) is 10.5 Å². The Morgan fingerprint density at radius 1 is 1.39 bits per heavy atom. The molecule has 0 fully saturated rings. The lowest BCUT2D eigenvalue weighted by atomic mass is 10.1. The van der Waals surface area contributed by atoms with Gasteiger partial charge in [-0.3, -0.25) is 9.59 Å². The molecule has 0 spiro atoms. The number of hydrogen-bond acceptors (Lipinski definition) is 3. The summed E-state index contributed by atoms with van der Waals surface area (Å²) in [6.07, 6.45) is 1.80. The second-order valence-corrected chi connectivity index (χ2v) is 4.79. The fourth-order valence-corrected chi connectivity index (χ4v) is 2.85. The molecule has 0 bridgehead atoms. The maximum absolute atomic E-state index is 13.2. The SMILES string of the molecule is CSc1c(C(C)=O)c(=O)c2cc(F)ccc2n1C. The van der Waals surface area contributed by atoms with Gasteiger partial charge in [0.2, 0.25) is 5.43 Å². The highest BCUT2D eigenvalue weighted by atomic mass is 32.2. The zero-order chi connectivity index (χ0) is 13.4. The van der Waals surface area contributed by atoms with Crippen LogP contribution in [0.4, 0.5) is 4.39 Å². The van der Waals surface area contributed by atoms with Crippen LogP contribution in [0.15, 0.2) is 28.0 Å². The minimum atomic E-state index is -0.481. The van der Waals surface area contributed by atoms with E-state index in [9.17, 15) is 14.0 Å². The average Bonchev–Trinajstić information content (AvgIpc) is 2.32. The molecule has 0 radical (unpaired) electrons. The first-order valence-electron chi connectivity index (χ1n) is 5.34. The number of aryl methyl sites for hydroxylation is 1. The van der Waals surface area contributed by atoms with Crippen molar-refractivity contribution in [1.29, 1.82) is 0 Å². The number of pyridine rings is 1. The van der Waals surface area contributed by atoms with Crippen molar-refractivity contribution in [3.63, 3.8) is 0 Å². The largest absolute Gasteiger partial charge is 0.338 e. The Balaban J connectivity index is 3.05. The second-order valence-electron chi connectivity index (χ2n) is 3.99. The number of ketones is 1. The van der Waals surface area contributed by atoms with Crippen LogP contribution < -0.4 is 5.43 Å². The number of rotatable bonds is 2. The Bertz CT molecular complexity index is 706. The molecule has 1 aromatic carbocycles. The summed E-state index contributed by atoms with van der Waals surface area (Å²) in [5, 5.41) is 0.840. The Labute approximate surface area is 108 Å². The molecular weight excluding hydrogens is 253 g/mol. The zero-order valence-electron chi connectivity index (χ0n) is 10.3. The van der Waals surface area contributed by atoms with Gasteiger partial charge in [-0.1, -0.05) is 0 Å². The standard InChI is InChI=1S/C13H12FNO2S/c1-7(16)11-12(17)9-6-8(14)4-5-10(9)15(2)13(11)18-3/h4-6H,1-3H3. The molecule has 2 aromatic rings. The van der Waals surface area contributed by atoms with Crippen LogP contribution in [0.25, 0.3) is 10.9 Å². The highest BCUT2D eigenvalue weighted by molar-refractivity contribution is 7.98. The van der Waals surface area contributed by atoms with Crippen LogP contribution in [0.1, 0.15) is 17.3 Å². The molecule has 1 heterocycles. The van der Waals surface area contributed by atoms with Gasteiger partial charge < -0.3 is 4.57 Å². The number of nitrogens with zero attached hydrogens (tertiary/aromatic N) is 1. The van der Waals surface area contributed by atoms with Gasteiger partial charge in [0.05, 0.1) is 16.1 Å². The van der Waals surface area contributed by atoms with Gasteiger partial charge in [-0.05, 0) is 31.4 Å². The number of halogens is 1. The molecule has 2 rings (SSSR count). The number of fused-ring (bicyclic) bond motifs is 1. The number of carbonyl (C=O) groups is 1. The number of carbonyl (C=O) groups excluding carboxylic acids is 1. The summed E-state index contributed by atoms with van der Waals surface area (Å²) in [5.74, 6) is -0.780. The molecule has 0 N–H and O–H groups in total. The van der Waals surface area contributed by atoms with Crippen molar-refractivity contribution < 1.29 is 9.18 Å². The van der Waals surface area contributed by atoms with Crippen molar-refractivity contribution in [2.24, 2.45) is 7.05 Å². The van der Waals surface area contributed by atoms with Gasteiger partial charge in [-0.15, -0.1) is 11.8 Å². The smallest absolute Gasteiger partial charge is 0.201 e. The molecule has 0 aliphatic rings. The van der Waals surface area contributed by atoms with Crippen molar-refractivity contribution in [2.45, 2.75) is 11.9 Å². The number of Topliss-reactive ketones (excluding diaryl/α,β-unsaturated/α-hetero) is 1. The zero-order valence-corrected chi connectivity index (χ0v) is 11.1. The second kappa shape index (κ2) is 4.57. The van der Waals surface area contributed by atoms with E-state index in [1.165, 1.54) is 30.8 Å². The fraction of sp³-hybridized carbons (Fsp3) is 0.231. The van der Waals surface area contributed by atoms with Gasteiger partial charge in [0.15, 0.2) is 5.78 Å². The summed E-state index contributed by atoms with van der Waals surface area (Å²) in [5.41, 5.74) is 0.346. The van der Waals surface area contributed by atoms with Crippen molar-refractivity contribution in [2.75, 3.05) is 6.26 Å². The molecule has 18 heavy (non-hydrogen) atoms. The number of thioether (sulfide) groups is 1. The molecule has 0 aliphatic heterocycles. The van der Waals surface area contributed by atoms with E-state index in [0.717, 1.165) is 0 Å². The lowest BCUT2D eigenvalue weighted by Crippen LogP contribution is -2.19. The van der Waals surface area contributed by atoms with E-state index in [4.69, 9.17) is 0 Å². The number of aromatic nitrogens is 1. The molecule has 0 saturated heterocycles. The van der Waals surface area contributed by atoms with E-state index in [-0.39, 0.29) is 16.7 Å². The summed E-state index contributed by atoms with van der Waals surface area (Å²) in [6, 6.07) is 4.03. The lowest BCUT2D eigenvalue weighted by molar-refractivity contribution is 0.101. The van der Waals surface area contributed by atoms with Gasteiger partial charge in [0.1, 0.15) is 5.82 Å². The summed E-state index contributed by atoms with van der Waals surface area (Å²) in [4.78, 5) is 23.8. The van der Waals surface area contributed by atoms with E-state index in [2.05, 4.69) is 0 Å². The third-order valence-electron chi connectivity index (χ3n) is 2.86. The fourth-order valence-electron chi connectivity index (χ4n) is 2.04. The molecule has 0 amide bonds. The van der Waals surface area contributed by atoms with Crippen LogP contribution in [0.2, 0.25) is 0 Å². The van der Waals surface area contributed by atoms with Gasteiger partial charge in [-0.2, -0.15) is 0 Å². The van der Waals surface area contributed by atoms with Crippen LogP contribution >= 0.6 is 11.8 Å². The van der Waals surface area contributed by atoms with Crippen molar-refractivity contribution >= 4 is 28.4 Å². The molecule has 0 saturated carbocycles. The first-order chi connectivity index (χ1) is 8.47. The summed E-state index contributed by atoms with van der Waals surface area (Å²) in [7, 11) is 1.76. The normalized spacial score (nSPS) is 10.9. The lowest BCUT2D eigenvalue weighted by Gasteiger charge is -2.13. The third kappa shape index (κ3) is 1.84. The summed E-state index contributed by atoms with van der Waals surface area (Å²) < 4.78 is 15.0. The van der Waals surface area contributed by atoms with Crippen LogP contribution in [0.5, 0.6) is 0 Å². The van der Waals surface area contributed by atoms with Crippen LogP contribution in [-0.2, 0) is 7.05 Å². The van der Waals surface area contributed by atoms with Gasteiger partial charge in [0, 0.05) is 12.4 Å². The molecule has 0 unspecified atom stereocenters. The highest BCUT2D eigenvalue weighted by Crippen LogP contribution is 2.23. The van der Waals surface area contributed by atoms with Crippen molar-refractivity contribution in [3.8, 4) is 0 Å². The first kappa shape index (κ1) is 12.8. The molecule has 0 aliphatic carbocycles. The van der Waals surface area contributed by atoms with Gasteiger partial charge in [-0.25, -0.2) is 4.39 Å². The Morgan fingerprint density at radius 2 is 2.06 bits per heavy atom. The maximum Gasteiger partial charge on any atom is 0.201 e. The molecule has 5 heteroatoms. The Kier molecular flexibility index (Phi) is 3.26. The van der Waals surface area contributed by atoms with E-state index >= 15 is 0 Å². The molecule has 3 nitrogen and oxygen atoms in total. The molecule has 94 valence electrons. The molecule has 1 aromatic heterocycles. The topological polar surface area (TPSA) is 39.1 Å². The Morgan fingerprint density at radius 3 is 2.61 bits per heavy atom. The quantitative estimate of drug-likeness (QED) is 0.619. The summed E-state index contributed by atoms with van der Waals surface area (Å²) >= 11 is 1.33. The van der Waals surface area contributed by atoms with Crippen molar-refractivity contribution in [1.82, 2.24) is 4.57 Å². The van der Waals surface area contributed by atoms with Crippen LogP contribution in [-0.4, -0.2) is 16.6 Å². The molecular formula is C13H12FNO2S. The average molecular weight is 265 g/mol. The monoisotopic (exact) mass is 265 g/mol. The number of benzene rings is 1. The number of hydrogen-bond donors (Lipinski definition) is 0. The predicted molar refractivity (Wildman–Crippen MR) is 70.9 cm³/mol.